The zero-order chi connectivity index (χ0) is 34.0. The van der Waals surface area contributed by atoms with Crippen LogP contribution in [0.5, 0.6) is 5.75 Å². The quantitative estimate of drug-likeness (QED) is 0.170. The third-order valence-electron chi connectivity index (χ3n) is 9.59. The van der Waals surface area contributed by atoms with E-state index in [0.29, 0.717) is 0 Å². The number of rotatable bonds is 12. The van der Waals surface area contributed by atoms with Crippen molar-refractivity contribution in [3.05, 3.63) is 101 Å². The molecule has 0 unspecified atom stereocenters. The van der Waals surface area contributed by atoms with Gasteiger partial charge in [0.25, 0.3) is 0 Å². The number of allylic oxidation sites excluding steroid dienone is 4. The molecule has 0 saturated heterocycles. The number of benzene rings is 3. The van der Waals surface area contributed by atoms with Crippen LogP contribution in [0, 0.1) is 38.0 Å². The van der Waals surface area contributed by atoms with Crippen molar-refractivity contribution in [3.63, 3.8) is 0 Å². The predicted molar refractivity (Wildman–Crippen MR) is 202 cm³/mol. The summed E-state index contributed by atoms with van der Waals surface area (Å²) < 4.78 is 10.4. The summed E-state index contributed by atoms with van der Waals surface area (Å²) in [5, 5.41) is 3.26. The van der Waals surface area contributed by atoms with E-state index < -0.39 is 39.2 Å². The first-order valence-corrected chi connectivity index (χ1v) is 22.3. The van der Waals surface area contributed by atoms with E-state index in [-0.39, 0.29) is 5.41 Å². The first kappa shape index (κ1) is 36.8. The molecule has 0 radical (unpaired) electrons. The van der Waals surface area contributed by atoms with E-state index in [1.807, 2.05) is 7.11 Å². The van der Waals surface area contributed by atoms with Gasteiger partial charge in [0, 0.05) is 0 Å². The molecule has 0 saturated carbocycles. The molecule has 3 aromatic carbocycles. The molecule has 1 aliphatic rings. The van der Waals surface area contributed by atoms with Gasteiger partial charge in [-0.3, -0.25) is 0 Å². The Hall–Kier alpha value is -2.01. The monoisotopic (exact) mass is 798 g/mol. The van der Waals surface area contributed by atoms with Gasteiger partial charge in [-0.05, 0) is 0 Å². The second-order valence-corrected chi connectivity index (χ2v) is 23.0. The molecule has 0 spiro atoms. The number of hydrogen-bond acceptors (Lipinski definition) is 3. The zero-order valence-corrected chi connectivity index (χ0v) is 33.5. The Labute approximate surface area is 294 Å². The minimum atomic E-state index is -2.11. The van der Waals surface area contributed by atoms with Crippen LogP contribution < -0.4 is 19.7 Å². The molecule has 0 fully saturated rings. The van der Waals surface area contributed by atoms with Crippen molar-refractivity contribution < 1.29 is 35.9 Å². The van der Waals surface area contributed by atoms with E-state index in [2.05, 4.69) is 154 Å². The van der Waals surface area contributed by atoms with Crippen molar-refractivity contribution in [2.24, 2.45) is 0 Å². The van der Waals surface area contributed by atoms with Crippen LogP contribution in [0.1, 0.15) is 77.1 Å². The molecule has 5 heteroatoms. The van der Waals surface area contributed by atoms with Crippen molar-refractivity contribution in [2.75, 3.05) is 45.1 Å². The summed E-state index contributed by atoms with van der Waals surface area (Å²) >= 11 is -1.15. The molecule has 258 valence electrons. The molecule has 0 atom stereocenters. The molecule has 46 heavy (non-hydrogen) atoms. The van der Waals surface area contributed by atoms with Gasteiger partial charge in [0.05, 0.1) is 0 Å². The number of ether oxygens (including phenoxy) is 1. The third kappa shape index (κ3) is 7.35. The first-order valence-electron chi connectivity index (χ1n) is 16.7. The fourth-order valence-corrected chi connectivity index (χ4v) is 18.1. The Kier molecular flexibility index (Phi) is 12.0. The normalized spacial score (nSPS) is 14.2. The number of hydrogen-bond donors (Lipinski definition) is 0. The number of nitrogens with zero attached hydrogens (tertiary/aromatic N) is 2. The SMILES string of the molecule is CC[Si](CC)(C1=C(C)[C]([Lu]([CH2]c2ccccc2N(C)C)[CH2]c2ccccc2N(C)C)=C(C)C1)c1cc(C)cc(C(C)(C)C)c1OC. The molecule has 0 aromatic heterocycles. The van der Waals surface area contributed by atoms with Gasteiger partial charge in [0.1, 0.15) is 0 Å². The van der Waals surface area contributed by atoms with E-state index in [0.717, 1.165) is 17.5 Å². The molecule has 0 N–H and O–H groups in total. The second kappa shape index (κ2) is 15.0. The summed E-state index contributed by atoms with van der Waals surface area (Å²) in [5.41, 5.74) is 11.6. The summed E-state index contributed by atoms with van der Waals surface area (Å²) in [5.74, 6) is 1.14. The average Bonchev–Trinajstić information content (AvgIpc) is 3.31. The molecular formula is C41H59LuN2OSi. The minimum absolute atomic E-state index is 0.0163. The Balaban J connectivity index is 1.94. The van der Waals surface area contributed by atoms with Crippen LogP contribution in [0.25, 0.3) is 0 Å². The molecule has 0 aliphatic heterocycles. The van der Waals surface area contributed by atoms with Crippen LogP contribution in [-0.2, 0) is 10.7 Å². The van der Waals surface area contributed by atoms with E-state index in [1.54, 1.807) is 18.1 Å². The third-order valence-corrected chi connectivity index (χ3v) is 20.3. The maximum atomic E-state index is 6.39. The summed E-state index contributed by atoms with van der Waals surface area (Å²) in [6.45, 7) is 19.1. The van der Waals surface area contributed by atoms with E-state index in [4.69, 9.17) is 4.74 Å². The number of methoxy groups -OCH3 is 1. The summed E-state index contributed by atoms with van der Waals surface area (Å²) in [7, 11) is 8.50. The number of aryl methyl sites for hydroxylation is 1. The number of anilines is 2. The van der Waals surface area contributed by atoms with Crippen molar-refractivity contribution in [1.29, 1.82) is 0 Å². The van der Waals surface area contributed by atoms with Gasteiger partial charge in [-0.15, -0.1) is 0 Å². The van der Waals surface area contributed by atoms with Gasteiger partial charge in [0.15, 0.2) is 0 Å². The molecule has 3 nitrogen and oxygen atoms in total. The zero-order valence-electron chi connectivity index (χ0n) is 30.9. The van der Waals surface area contributed by atoms with Crippen LogP contribution >= 0.6 is 0 Å². The molecule has 0 bridgehead atoms. The van der Waals surface area contributed by atoms with Crippen molar-refractivity contribution in [1.82, 2.24) is 0 Å². The topological polar surface area (TPSA) is 15.7 Å². The van der Waals surface area contributed by atoms with Crippen LogP contribution in [0.15, 0.2) is 78.8 Å². The van der Waals surface area contributed by atoms with Crippen molar-refractivity contribution in [2.45, 2.75) is 84.6 Å². The number of para-hydroxylation sites is 2. The predicted octanol–water partition coefficient (Wildman–Crippen LogP) is 9.68. The van der Waals surface area contributed by atoms with Gasteiger partial charge in [-0.25, -0.2) is 0 Å². The van der Waals surface area contributed by atoms with Gasteiger partial charge >= 0.3 is 297 Å². The molecule has 3 aromatic rings. The van der Waals surface area contributed by atoms with Gasteiger partial charge in [0.2, 0.25) is 0 Å². The standard InChI is InChI=1S/C23H35OSi.2C9H12N.Lu/c1-10-25(11-2,20-14-16(3)12-18(20)5)21-15-17(4)13-19(22(21)24-9)23(6,7)8;2*1-8-6-4-5-7-9(8)10(2)3;/h13,15H,10-11,14H2,1-9H3;2*4-7H,1H2,2-3H3;. The summed E-state index contributed by atoms with van der Waals surface area (Å²) in [6, 6.07) is 25.4. The first-order chi connectivity index (χ1) is 21.7. The molecule has 4 rings (SSSR count). The molecule has 1 aliphatic carbocycles. The molecular weight excluding hydrogens is 740 g/mol. The molecule has 0 amide bonds. The van der Waals surface area contributed by atoms with E-state index in [9.17, 15) is 0 Å². The van der Waals surface area contributed by atoms with Crippen molar-refractivity contribution in [3.8, 4) is 5.75 Å². The molecule has 0 heterocycles. The van der Waals surface area contributed by atoms with Crippen LogP contribution in [0.2, 0.25) is 12.1 Å². The summed E-state index contributed by atoms with van der Waals surface area (Å²) in [6.07, 6.45) is 1.11. The Morgan fingerprint density at radius 1 is 0.783 bits per heavy atom. The average molecular weight is 799 g/mol. The second-order valence-electron chi connectivity index (χ2n) is 14.3. The summed E-state index contributed by atoms with van der Waals surface area (Å²) in [4.78, 5) is 4.58. The Bertz CT molecular complexity index is 1550. The van der Waals surface area contributed by atoms with Crippen LogP contribution in [0.3, 0.4) is 0 Å². The van der Waals surface area contributed by atoms with Gasteiger partial charge in [-0.1, -0.05) is 0 Å². The van der Waals surface area contributed by atoms with E-state index in [1.165, 1.54) is 50.9 Å². The van der Waals surface area contributed by atoms with Gasteiger partial charge in [-0.2, -0.15) is 0 Å². The fourth-order valence-electron chi connectivity index (χ4n) is 7.26. The Morgan fingerprint density at radius 3 is 1.72 bits per heavy atom. The maximum absolute atomic E-state index is 6.39. The van der Waals surface area contributed by atoms with Crippen LogP contribution in [-0.4, -0.2) is 43.4 Å². The van der Waals surface area contributed by atoms with Gasteiger partial charge < -0.3 is 0 Å². The Morgan fingerprint density at radius 2 is 1.28 bits per heavy atom. The van der Waals surface area contributed by atoms with E-state index >= 15 is 0 Å². The van der Waals surface area contributed by atoms with Crippen molar-refractivity contribution >= 4 is 24.6 Å². The fraction of sp³-hybridized carbons (Fsp3) is 0.463. The van der Waals surface area contributed by atoms with Crippen LogP contribution in [0.4, 0.5) is 11.4 Å².